The van der Waals surface area contributed by atoms with E-state index in [2.05, 4.69) is 4.98 Å². The van der Waals surface area contributed by atoms with E-state index in [0.29, 0.717) is 6.54 Å². The first-order valence-electron chi connectivity index (χ1n) is 4.09. The molecule has 0 bridgehead atoms. The van der Waals surface area contributed by atoms with Crippen LogP contribution in [0.4, 0.5) is 5.69 Å². The summed E-state index contributed by atoms with van der Waals surface area (Å²) >= 11 is 1.58. The van der Waals surface area contributed by atoms with E-state index in [1.165, 1.54) is 6.07 Å². The molecule has 0 aromatic carbocycles. The number of hydrogen-bond donors (Lipinski definition) is 1. The van der Waals surface area contributed by atoms with E-state index >= 15 is 0 Å². The standard InChI is InChI=1S/C9H9N3OS/c10-7-5-12(3-1-8(7)13)6-9-11-2-4-14-9/h1-5H,6,10H2. The normalized spacial score (nSPS) is 10.3. The first-order chi connectivity index (χ1) is 6.75. The molecule has 0 aliphatic carbocycles. The molecule has 2 aromatic heterocycles. The van der Waals surface area contributed by atoms with Gasteiger partial charge in [0.05, 0.1) is 12.2 Å². The van der Waals surface area contributed by atoms with Gasteiger partial charge in [-0.3, -0.25) is 4.79 Å². The van der Waals surface area contributed by atoms with Crippen molar-refractivity contribution in [1.29, 1.82) is 0 Å². The van der Waals surface area contributed by atoms with E-state index in [0.717, 1.165) is 5.01 Å². The molecule has 0 unspecified atom stereocenters. The molecule has 0 saturated heterocycles. The second-order valence-corrected chi connectivity index (χ2v) is 3.84. The van der Waals surface area contributed by atoms with E-state index < -0.39 is 0 Å². The van der Waals surface area contributed by atoms with Gasteiger partial charge in [-0.15, -0.1) is 11.3 Å². The molecule has 14 heavy (non-hydrogen) atoms. The number of pyridine rings is 1. The lowest BCUT2D eigenvalue weighted by Gasteiger charge is -2.03. The molecule has 2 N–H and O–H groups in total. The Hall–Kier alpha value is -1.62. The van der Waals surface area contributed by atoms with Crippen molar-refractivity contribution >= 4 is 17.0 Å². The van der Waals surface area contributed by atoms with Crippen LogP contribution in [0.1, 0.15) is 5.01 Å². The number of nitrogens with zero attached hydrogens (tertiary/aromatic N) is 2. The maximum Gasteiger partial charge on any atom is 0.204 e. The molecular weight excluding hydrogens is 198 g/mol. The number of nitrogen functional groups attached to an aromatic ring is 1. The lowest BCUT2D eigenvalue weighted by molar-refractivity contribution is 0.784. The molecule has 0 spiro atoms. The van der Waals surface area contributed by atoms with Crippen molar-refractivity contribution in [3.63, 3.8) is 0 Å². The summed E-state index contributed by atoms with van der Waals surface area (Å²) in [6, 6.07) is 1.46. The van der Waals surface area contributed by atoms with E-state index in [1.54, 1.807) is 29.9 Å². The van der Waals surface area contributed by atoms with Crippen molar-refractivity contribution in [3.8, 4) is 0 Å². The SMILES string of the molecule is Nc1cn(Cc2nccs2)ccc1=O. The summed E-state index contributed by atoms with van der Waals surface area (Å²) in [5.41, 5.74) is 5.63. The Kier molecular flexibility index (Phi) is 2.32. The zero-order valence-corrected chi connectivity index (χ0v) is 8.20. The fourth-order valence-corrected chi connectivity index (χ4v) is 1.75. The van der Waals surface area contributed by atoms with Gasteiger partial charge in [-0.05, 0) is 0 Å². The van der Waals surface area contributed by atoms with E-state index in [9.17, 15) is 4.79 Å². The van der Waals surface area contributed by atoms with Crippen LogP contribution in [0.5, 0.6) is 0 Å². The van der Waals surface area contributed by atoms with Crippen LogP contribution in [0, 0.1) is 0 Å². The molecule has 0 saturated carbocycles. The highest BCUT2D eigenvalue weighted by molar-refractivity contribution is 7.09. The molecule has 2 aromatic rings. The Morgan fingerprint density at radius 3 is 3.07 bits per heavy atom. The maximum atomic E-state index is 11.0. The molecule has 2 heterocycles. The Balaban J connectivity index is 2.26. The third kappa shape index (κ3) is 1.82. The van der Waals surface area contributed by atoms with Crippen LogP contribution < -0.4 is 11.2 Å². The lowest BCUT2D eigenvalue weighted by atomic mass is 10.4. The minimum absolute atomic E-state index is 0.139. The topological polar surface area (TPSA) is 60.9 Å². The smallest absolute Gasteiger partial charge is 0.204 e. The summed E-state index contributed by atoms with van der Waals surface area (Å²) in [5.74, 6) is 0. The zero-order chi connectivity index (χ0) is 9.97. The van der Waals surface area contributed by atoms with Gasteiger partial charge in [-0.2, -0.15) is 0 Å². The molecule has 4 nitrogen and oxygen atoms in total. The Morgan fingerprint density at radius 1 is 1.57 bits per heavy atom. The quantitative estimate of drug-likeness (QED) is 0.797. The highest BCUT2D eigenvalue weighted by Crippen LogP contribution is 2.06. The van der Waals surface area contributed by atoms with Crippen molar-refractivity contribution in [3.05, 3.63) is 45.3 Å². The number of rotatable bonds is 2. The average molecular weight is 207 g/mol. The molecule has 0 aliphatic heterocycles. The number of aromatic nitrogens is 2. The first-order valence-corrected chi connectivity index (χ1v) is 4.97. The number of hydrogen-bond acceptors (Lipinski definition) is 4. The first kappa shape index (κ1) is 8.96. The van der Waals surface area contributed by atoms with Crippen LogP contribution in [0.15, 0.2) is 34.8 Å². The number of nitrogens with two attached hydrogens (primary N) is 1. The van der Waals surface area contributed by atoms with Gasteiger partial charge in [0.2, 0.25) is 5.43 Å². The molecule has 2 rings (SSSR count). The molecule has 0 amide bonds. The Morgan fingerprint density at radius 2 is 2.43 bits per heavy atom. The van der Waals surface area contributed by atoms with Crippen LogP contribution in [0.25, 0.3) is 0 Å². The molecule has 0 fully saturated rings. The summed E-state index contributed by atoms with van der Waals surface area (Å²) in [5, 5.41) is 2.91. The van der Waals surface area contributed by atoms with Crippen LogP contribution in [0.3, 0.4) is 0 Å². The summed E-state index contributed by atoms with van der Waals surface area (Å²) in [6.45, 7) is 0.655. The van der Waals surface area contributed by atoms with Gasteiger partial charge < -0.3 is 10.3 Å². The molecule has 5 heteroatoms. The summed E-state index contributed by atoms with van der Waals surface area (Å²) in [7, 11) is 0. The Labute approximate surface area is 84.6 Å². The fraction of sp³-hybridized carbons (Fsp3) is 0.111. The van der Waals surface area contributed by atoms with Gasteiger partial charge >= 0.3 is 0 Å². The predicted molar refractivity (Wildman–Crippen MR) is 56.3 cm³/mol. The largest absolute Gasteiger partial charge is 0.394 e. The highest BCUT2D eigenvalue weighted by Gasteiger charge is 1.98. The monoisotopic (exact) mass is 207 g/mol. The van der Waals surface area contributed by atoms with Crippen molar-refractivity contribution in [2.75, 3.05) is 5.73 Å². The average Bonchev–Trinajstić information content (AvgIpc) is 2.64. The van der Waals surface area contributed by atoms with Gasteiger partial charge in [-0.1, -0.05) is 0 Å². The van der Waals surface area contributed by atoms with Crippen LogP contribution >= 0.6 is 11.3 Å². The van der Waals surface area contributed by atoms with Gasteiger partial charge in [0.15, 0.2) is 0 Å². The van der Waals surface area contributed by atoms with Crippen molar-refractivity contribution < 1.29 is 0 Å². The third-order valence-electron chi connectivity index (χ3n) is 1.81. The van der Waals surface area contributed by atoms with E-state index in [1.807, 2.05) is 9.95 Å². The molecule has 72 valence electrons. The molecule has 0 atom stereocenters. The minimum atomic E-state index is -0.139. The van der Waals surface area contributed by atoms with Crippen LogP contribution in [-0.2, 0) is 6.54 Å². The van der Waals surface area contributed by atoms with Crippen LogP contribution in [-0.4, -0.2) is 9.55 Å². The van der Waals surface area contributed by atoms with Crippen molar-refractivity contribution in [1.82, 2.24) is 9.55 Å². The van der Waals surface area contributed by atoms with Crippen LogP contribution in [0.2, 0.25) is 0 Å². The Bertz CT molecular complexity index is 475. The van der Waals surface area contributed by atoms with Gasteiger partial charge in [0, 0.05) is 30.0 Å². The summed E-state index contributed by atoms with van der Waals surface area (Å²) < 4.78 is 1.84. The zero-order valence-electron chi connectivity index (χ0n) is 7.38. The molecule has 0 radical (unpaired) electrons. The summed E-state index contributed by atoms with van der Waals surface area (Å²) in [6.07, 6.45) is 5.09. The van der Waals surface area contributed by atoms with E-state index in [4.69, 9.17) is 5.73 Å². The maximum absolute atomic E-state index is 11.0. The van der Waals surface area contributed by atoms with E-state index in [-0.39, 0.29) is 11.1 Å². The molecule has 0 aliphatic rings. The summed E-state index contributed by atoms with van der Waals surface area (Å²) in [4.78, 5) is 15.2. The second kappa shape index (κ2) is 3.63. The fourth-order valence-electron chi connectivity index (χ4n) is 1.13. The lowest BCUT2D eigenvalue weighted by Crippen LogP contribution is -2.11. The minimum Gasteiger partial charge on any atom is -0.394 e. The highest BCUT2D eigenvalue weighted by atomic mass is 32.1. The van der Waals surface area contributed by atoms with Crippen molar-refractivity contribution in [2.45, 2.75) is 6.54 Å². The van der Waals surface area contributed by atoms with Gasteiger partial charge in [-0.25, -0.2) is 4.98 Å². The second-order valence-electron chi connectivity index (χ2n) is 2.86. The molecular formula is C9H9N3OS. The number of thiazole rings is 1. The van der Waals surface area contributed by atoms with Crippen molar-refractivity contribution in [2.24, 2.45) is 0 Å². The van der Waals surface area contributed by atoms with Gasteiger partial charge in [0.1, 0.15) is 5.01 Å². The number of anilines is 1. The third-order valence-corrected chi connectivity index (χ3v) is 2.57. The predicted octanol–water partition coefficient (Wildman–Crippen LogP) is 0.935. The van der Waals surface area contributed by atoms with Gasteiger partial charge in [0.25, 0.3) is 0 Å².